The van der Waals surface area contributed by atoms with Crippen LogP contribution in [0.2, 0.25) is 5.02 Å². The zero-order chi connectivity index (χ0) is 15.8. The largest absolute Gasteiger partial charge is 0.484 e. The van der Waals surface area contributed by atoms with Gasteiger partial charge in [0.1, 0.15) is 5.75 Å². The molecule has 2 aromatic carbocycles. The second-order valence-corrected chi connectivity index (χ2v) is 4.71. The Hall–Kier alpha value is -2.84. The first-order valence-electron chi connectivity index (χ1n) is 6.38. The molecule has 0 bridgehead atoms. The number of hydrogen-bond donors (Lipinski definition) is 1. The van der Waals surface area contributed by atoms with Crippen molar-refractivity contribution in [3.05, 3.63) is 64.7 Å². The third-order valence-electron chi connectivity index (χ3n) is 2.63. The van der Waals surface area contributed by atoms with E-state index in [0.29, 0.717) is 16.3 Å². The van der Waals surface area contributed by atoms with Gasteiger partial charge < -0.3 is 4.74 Å². The number of ether oxygens (including phenoxy) is 1. The summed E-state index contributed by atoms with van der Waals surface area (Å²) in [7, 11) is 0. The van der Waals surface area contributed by atoms with Crippen LogP contribution in [0.15, 0.2) is 53.6 Å². The van der Waals surface area contributed by atoms with Crippen molar-refractivity contribution in [1.82, 2.24) is 5.43 Å². The number of carbonyl (C=O) groups excluding carboxylic acids is 1. The Labute approximate surface area is 132 Å². The monoisotopic (exact) mass is 313 g/mol. The molecular weight excluding hydrogens is 302 g/mol. The van der Waals surface area contributed by atoms with Crippen molar-refractivity contribution in [2.75, 3.05) is 6.61 Å². The van der Waals surface area contributed by atoms with Crippen LogP contribution >= 0.6 is 11.6 Å². The molecule has 22 heavy (non-hydrogen) atoms. The first-order chi connectivity index (χ1) is 10.7. The predicted octanol–water partition coefficient (Wildman–Crippen LogP) is 2.74. The fraction of sp³-hybridized carbons (Fsp3) is 0.0625. The van der Waals surface area contributed by atoms with E-state index in [1.54, 1.807) is 48.5 Å². The first-order valence-corrected chi connectivity index (χ1v) is 6.75. The van der Waals surface area contributed by atoms with Gasteiger partial charge in [-0.1, -0.05) is 23.7 Å². The SMILES string of the molecule is N#Cc1ccc(C=NNC(=O)COc2ccc(Cl)cc2)cc1. The minimum Gasteiger partial charge on any atom is -0.484 e. The lowest BCUT2D eigenvalue weighted by molar-refractivity contribution is -0.123. The van der Waals surface area contributed by atoms with Crippen LogP contribution in [0.25, 0.3) is 0 Å². The van der Waals surface area contributed by atoms with E-state index in [9.17, 15) is 4.79 Å². The third kappa shape index (κ3) is 4.93. The summed E-state index contributed by atoms with van der Waals surface area (Å²) in [6, 6.07) is 15.6. The van der Waals surface area contributed by atoms with Crippen LogP contribution in [0.3, 0.4) is 0 Å². The molecule has 0 radical (unpaired) electrons. The van der Waals surface area contributed by atoms with E-state index in [1.807, 2.05) is 6.07 Å². The van der Waals surface area contributed by atoms with Gasteiger partial charge in [-0.15, -0.1) is 0 Å². The lowest BCUT2D eigenvalue weighted by Gasteiger charge is -2.04. The number of amides is 1. The van der Waals surface area contributed by atoms with Gasteiger partial charge in [-0.05, 0) is 42.0 Å². The van der Waals surface area contributed by atoms with Crippen LogP contribution in [0.5, 0.6) is 5.75 Å². The van der Waals surface area contributed by atoms with Crippen molar-refractivity contribution in [1.29, 1.82) is 5.26 Å². The van der Waals surface area contributed by atoms with Gasteiger partial charge in [-0.3, -0.25) is 4.79 Å². The summed E-state index contributed by atoms with van der Waals surface area (Å²) in [5.41, 5.74) is 3.70. The van der Waals surface area contributed by atoms with Crippen LogP contribution in [0, 0.1) is 11.3 Å². The van der Waals surface area contributed by atoms with Crippen LogP contribution < -0.4 is 10.2 Å². The van der Waals surface area contributed by atoms with Gasteiger partial charge in [0.15, 0.2) is 6.61 Å². The summed E-state index contributed by atoms with van der Waals surface area (Å²) in [5.74, 6) is 0.176. The number of nitriles is 1. The number of nitrogens with zero attached hydrogens (tertiary/aromatic N) is 2. The highest BCUT2D eigenvalue weighted by atomic mass is 35.5. The molecule has 2 rings (SSSR count). The highest BCUT2D eigenvalue weighted by molar-refractivity contribution is 6.30. The minimum absolute atomic E-state index is 0.146. The van der Waals surface area contributed by atoms with E-state index < -0.39 is 0 Å². The average molecular weight is 314 g/mol. The van der Waals surface area contributed by atoms with Crippen molar-refractivity contribution >= 4 is 23.7 Å². The van der Waals surface area contributed by atoms with Gasteiger partial charge in [-0.2, -0.15) is 10.4 Å². The van der Waals surface area contributed by atoms with Crippen molar-refractivity contribution in [3.8, 4) is 11.8 Å². The molecule has 0 aliphatic heterocycles. The molecular formula is C16H12ClN3O2. The molecule has 0 aliphatic rings. The molecule has 0 spiro atoms. The summed E-state index contributed by atoms with van der Waals surface area (Å²) in [5, 5.41) is 13.1. The maximum absolute atomic E-state index is 11.6. The molecule has 0 unspecified atom stereocenters. The number of rotatable bonds is 5. The molecule has 2 aromatic rings. The fourth-order valence-corrected chi connectivity index (χ4v) is 1.66. The standard InChI is InChI=1S/C16H12ClN3O2/c17-14-5-7-15(8-6-14)22-11-16(21)20-19-10-13-3-1-12(9-18)2-4-13/h1-8,10H,11H2,(H,20,21). The molecule has 1 N–H and O–H groups in total. The first kappa shape index (κ1) is 15.5. The van der Waals surface area contributed by atoms with Gasteiger partial charge in [0.2, 0.25) is 0 Å². The van der Waals surface area contributed by atoms with Gasteiger partial charge >= 0.3 is 0 Å². The lowest BCUT2D eigenvalue weighted by Crippen LogP contribution is -2.24. The van der Waals surface area contributed by atoms with Gasteiger partial charge in [0, 0.05) is 5.02 Å². The minimum atomic E-state index is -0.375. The Kier molecular flexibility index (Phi) is 5.52. The van der Waals surface area contributed by atoms with E-state index in [2.05, 4.69) is 10.5 Å². The average Bonchev–Trinajstić information content (AvgIpc) is 2.55. The number of hydrogen-bond acceptors (Lipinski definition) is 4. The fourth-order valence-electron chi connectivity index (χ4n) is 1.53. The molecule has 0 atom stereocenters. The molecule has 110 valence electrons. The Bertz CT molecular complexity index is 704. The van der Waals surface area contributed by atoms with E-state index in [1.165, 1.54) is 6.21 Å². The normalized spacial score (nSPS) is 10.2. The Morgan fingerprint density at radius 2 is 1.91 bits per heavy atom. The Morgan fingerprint density at radius 3 is 2.55 bits per heavy atom. The van der Waals surface area contributed by atoms with Crippen molar-refractivity contribution in [2.45, 2.75) is 0 Å². The Balaban J connectivity index is 1.78. The van der Waals surface area contributed by atoms with Gasteiger partial charge in [-0.25, -0.2) is 5.43 Å². The summed E-state index contributed by atoms with van der Waals surface area (Å²) >= 11 is 5.75. The summed E-state index contributed by atoms with van der Waals surface area (Å²) in [6.45, 7) is -0.146. The maximum Gasteiger partial charge on any atom is 0.277 e. The highest BCUT2D eigenvalue weighted by Crippen LogP contribution is 2.15. The molecule has 0 aliphatic carbocycles. The second kappa shape index (κ2) is 7.81. The molecule has 1 amide bonds. The second-order valence-electron chi connectivity index (χ2n) is 4.27. The third-order valence-corrected chi connectivity index (χ3v) is 2.88. The van der Waals surface area contributed by atoms with Crippen LogP contribution in [-0.2, 0) is 4.79 Å². The van der Waals surface area contributed by atoms with E-state index in [0.717, 1.165) is 5.56 Å². The summed E-state index contributed by atoms with van der Waals surface area (Å²) in [6.07, 6.45) is 1.49. The van der Waals surface area contributed by atoms with Gasteiger partial charge in [0.25, 0.3) is 5.91 Å². The molecule has 0 aromatic heterocycles. The highest BCUT2D eigenvalue weighted by Gasteiger charge is 2.01. The van der Waals surface area contributed by atoms with Crippen molar-refractivity contribution in [2.24, 2.45) is 5.10 Å². The Morgan fingerprint density at radius 1 is 1.23 bits per heavy atom. The summed E-state index contributed by atoms with van der Waals surface area (Å²) < 4.78 is 5.28. The molecule has 0 heterocycles. The predicted molar refractivity (Wildman–Crippen MR) is 83.8 cm³/mol. The van der Waals surface area contributed by atoms with Gasteiger partial charge in [0.05, 0.1) is 17.8 Å². The topological polar surface area (TPSA) is 74.5 Å². The van der Waals surface area contributed by atoms with Crippen LogP contribution in [0.1, 0.15) is 11.1 Å². The van der Waals surface area contributed by atoms with Crippen LogP contribution in [-0.4, -0.2) is 18.7 Å². The number of benzene rings is 2. The van der Waals surface area contributed by atoms with Crippen LogP contribution in [0.4, 0.5) is 0 Å². The molecule has 5 nitrogen and oxygen atoms in total. The maximum atomic E-state index is 11.6. The number of carbonyl (C=O) groups is 1. The number of halogens is 1. The summed E-state index contributed by atoms with van der Waals surface area (Å²) in [4.78, 5) is 11.6. The molecule has 0 fully saturated rings. The molecule has 0 saturated heterocycles. The van der Waals surface area contributed by atoms with Crippen molar-refractivity contribution in [3.63, 3.8) is 0 Å². The quantitative estimate of drug-likeness (QED) is 0.681. The molecule has 0 saturated carbocycles. The zero-order valence-electron chi connectivity index (χ0n) is 11.5. The number of hydrazone groups is 1. The van der Waals surface area contributed by atoms with E-state index in [4.69, 9.17) is 21.6 Å². The zero-order valence-corrected chi connectivity index (χ0v) is 12.2. The van der Waals surface area contributed by atoms with E-state index in [-0.39, 0.29) is 12.5 Å². The lowest BCUT2D eigenvalue weighted by atomic mass is 10.2. The smallest absolute Gasteiger partial charge is 0.277 e. The van der Waals surface area contributed by atoms with Crippen molar-refractivity contribution < 1.29 is 9.53 Å². The molecule has 6 heteroatoms. The number of nitrogens with one attached hydrogen (secondary N) is 1. The van der Waals surface area contributed by atoms with E-state index >= 15 is 0 Å².